The van der Waals surface area contributed by atoms with E-state index in [0.29, 0.717) is 13.1 Å². The highest BCUT2D eigenvalue weighted by Gasteiger charge is 2.44. The molecule has 0 unspecified atom stereocenters. The molecular formula is C21H22N2O. The number of fused-ring (bicyclic) bond motifs is 1. The standard InChI is InChI=1S/C21H22N2O/c24-21-22(15-17-9-3-1-4-10-17)19-13-7-8-14-20(19)23(21)16-18-11-5-2-6-12-18/h1-7,9-13,19-20H,8,14-16H2/t19-,20-/m0/s1. The van der Waals surface area contributed by atoms with Gasteiger partial charge in [-0.1, -0.05) is 72.8 Å². The first-order valence-corrected chi connectivity index (χ1v) is 8.65. The molecule has 4 rings (SSSR count). The lowest BCUT2D eigenvalue weighted by molar-refractivity contribution is 0.181. The van der Waals surface area contributed by atoms with Crippen molar-refractivity contribution in [2.75, 3.05) is 0 Å². The molecule has 1 saturated heterocycles. The first kappa shape index (κ1) is 15.0. The fourth-order valence-electron chi connectivity index (χ4n) is 3.81. The lowest BCUT2D eigenvalue weighted by Crippen LogP contribution is -2.37. The highest BCUT2D eigenvalue weighted by Crippen LogP contribution is 2.33. The molecule has 0 aromatic heterocycles. The van der Waals surface area contributed by atoms with Crippen LogP contribution in [-0.4, -0.2) is 27.9 Å². The Hall–Kier alpha value is -2.55. The molecule has 2 amide bonds. The third-order valence-electron chi connectivity index (χ3n) is 5.00. The zero-order valence-corrected chi connectivity index (χ0v) is 13.7. The van der Waals surface area contributed by atoms with Gasteiger partial charge in [-0.25, -0.2) is 4.79 Å². The van der Waals surface area contributed by atoms with Crippen LogP contribution in [0.5, 0.6) is 0 Å². The molecule has 2 aromatic carbocycles. The molecule has 24 heavy (non-hydrogen) atoms. The Morgan fingerprint density at radius 1 is 0.833 bits per heavy atom. The Balaban J connectivity index is 1.59. The van der Waals surface area contributed by atoms with Gasteiger partial charge in [-0.3, -0.25) is 0 Å². The van der Waals surface area contributed by atoms with Crippen LogP contribution < -0.4 is 0 Å². The van der Waals surface area contributed by atoms with Gasteiger partial charge in [0.2, 0.25) is 0 Å². The molecule has 1 heterocycles. The molecule has 2 aromatic rings. The van der Waals surface area contributed by atoms with Crippen molar-refractivity contribution in [1.29, 1.82) is 0 Å². The molecule has 3 nitrogen and oxygen atoms in total. The second-order valence-electron chi connectivity index (χ2n) is 6.57. The van der Waals surface area contributed by atoms with Gasteiger partial charge in [0, 0.05) is 13.1 Å². The number of rotatable bonds is 4. The lowest BCUT2D eigenvalue weighted by atomic mass is 9.96. The Kier molecular flexibility index (Phi) is 4.08. The van der Waals surface area contributed by atoms with Gasteiger partial charge >= 0.3 is 6.03 Å². The topological polar surface area (TPSA) is 23.6 Å². The van der Waals surface area contributed by atoms with E-state index < -0.39 is 0 Å². The maximum Gasteiger partial charge on any atom is 0.321 e. The molecule has 2 atom stereocenters. The summed E-state index contributed by atoms with van der Waals surface area (Å²) < 4.78 is 0. The number of nitrogens with zero attached hydrogens (tertiary/aromatic N) is 2. The average molecular weight is 318 g/mol. The zero-order chi connectivity index (χ0) is 16.4. The number of urea groups is 1. The van der Waals surface area contributed by atoms with E-state index in [0.717, 1.165) is 12.8 Å². The van der Waals surface area contributed by atoms with E-state index in [1.54, 1.807) is 0 Å². The summed E-state index contributed by atoms with van der Waals surface area (Å²) in [5, 5.41) is 0. The average Bonchev–Trinajstić information content (AvgIpc) is 2.90. The van der Waals surface area contributed by atoms with E-state index in [-0.39, 0.29) is 18.1 Å². The monoisotopic (exact) mass is 318 g/mol. The molecule has 2 aliphatic rings. The van der Waals surface area contributed by atoms with E-state index in [2.05, 4.69) is 41.3 Å². The third-order valence-corrected chi connectivity index (χ3v) is 5.00. The van der Waals surface area contributed by atoms with Gasteiger partial charge in [0.1, 0.15) is 0 Å². The van der Waals surface area contributed by atoms with Crippen molar-refractivity contribution in [3.05, 3.63) is 83.9 Å². The van der Waals surface area contributed by atoms with Gasteiger partial charge in [-0.05, 0) is 24.0 Å². The van der Waals surface area contributed by atoms with Crippen LogP contribution in [0.2, 0.25) is 0 Å². The summed E-state index contributed by atoms with van der Waals surface area (Å²) in [6, 6.07) is 21.2. The lowest BCUT2D eigenvalue weighted by Gasteiger charge is -2.28. The number of hydrogen-bond acceptors (Lipinski definition) is 1. The quantitative estimate of drug-likeness (QED) is 0.775. The van der Waals surface area contributed by atoms with Gasteiger partial charge < -0.3 is 9.80 Å². The van der Waals surface area contributed by atoms with Crippen molar-refractivity contribution in [2.45, 2.75) is 38.0 Å². The highest BCUT2D eigenvalue weighted by atomic mass is 16.2. The van der Waals surface area contributed by atoms with E-state index in [1.807, 2.05) is 41.3 Å². The molecule has 0 N–H and O–H groups in total. The summed E-state index contributed by atoms with van der Waals surface area (Å²) >= 11 is 0. The first-order valence-electron chi connectivity index (χ1n) is 8.65. The second-order valence-corrected chi connectivity index (χ2v) is 6.57. The van der Waals surface area contributed by atoms with Crippen LogP contribution in [0.15, 0.2) is 72.8 Å². The zero-order valence-electron chi connectivity index (χ0n) is 13.7. The number of carbonyl (C=O) groups excluding carboxylic acids is 1. The Labute approximate surface area is 143 Å². The number of allylic oxidation sites excluding steroid dienone is 1. The van der Waals surface area contributed by atoms with Crippen molar-refractivity contribution >= 4 is 6.03 Å². The van der Waals surface area contributed by atoms with Gasteiger partial charge in [-0.15, -0.1) is 0 Å². The molecule has 1 fully saturated rings. The van der Waals surface area contributed by atoms with Crippen molar-refractivity contribution in [2.24, 2.45) is 0 Å². The third kappa shape index (κ3) is 2.82. The predicted octanol–water partition coefficient (Wildman–Crippen LogP) is 4.21. The minimum absolute atomic E-state index is 0.157. The van der Waals surface area contributed by atoms with Crippen LogP contribution in [0.4, 0.5) is 4.79 Å². The molecule has 1 aliphatic heterocycles. The van der Waals surface area contributed by atoms with E-state index in [1.165, 1.54) is 11.1 Å². The number of amides is 2. The number of benzene rings is 2. The SMILES string of the molecule is O=C1N(Cc2ccccc2)[C@H]2C=CCC[C@@H]2N1Cc1ccccc1. The molecule has 0 spiro atoms. The summed E-state index contributed by atoms with van der Waals surface area (Å²) in [6.45, 7) is 1.37. The fraction of sp³-hybridized carbons (Fsp3) is 0.286. The number of carbonyl (C=O) groups is 1. The largest absolute Gasteiger partial charge is 0.321 e. The van der Waals surface area contributed by atoms with Crippen LogP contribution in [0.1, 0.15) is 24.0 Å². The van der Waals surface area contributed by atoms with Crippen LogP contribution >= 0.6 is 0 Å². The maximum absolute atomic E-state index is 13.1. The highest BCUT2D eigenvalue weighted by molar-refractivity contribution is 5.78. The van der Waals surface area contributed by atoms with Gasteiger partial charge in [0.15, 0.2) is 0 Å². The normalized spacial score (nSPS) is 22.8. The molecule has 3 heteroatoms. The summed E-state index contributed by atoms with van der Waals surface area (Å²) in [4.78, 5) is 17.2. The van der Waals surface area contributed by atoms with Crippen molar-refractivity contribution in [1.82, 2.24) is 9.80 Å². The first-order chi connectivity index (χ1) is 11.8. The summed E-state index contributed by atoms with van der Waals surface area (Å²) in [7, 11) is 0. The van der Waals surface area contributed by atoms with E-state index >= 15 is 0 Å². The van der Waals surface area contributed by atoms with E-state index in [9.17, 15) is 4.79 Å². The summed E-state index contributed by atoms with van der Waals surface area (Å²) in [5.41, 5.74) is 2.38. The van der Waals surface area contributed by atoms with Crippen molar-refractivity contribution in [3.8, 4) is 0 Å². The molecule has 122 valence electrons. The van der Waals surface area contributed by atoms with Crippen LogP contribution in [0, 0.1) is 0 Å². The minimum Gasteiger partial charge on any atom is -0.315 e. The van der Waals surface area contributed by atoms with E-state index in [4.69, 9.17) is 0 Å². The van der Waals surface area contributed by atoms with Crippen LogP contribution in [-0.2, 0) is 13.1 Å². The predicted molar refractivity (Wildman–Crippen MR) is 95.3 cm³/mol. The Morgan fingerprint density at radius 2 is 1.42 bits per heavy atom. The smallest absolute Gasteiger partial charge is 0.315 e. The van der Waals surface area contributed by atoms with Crippen LogP contribution in [0.25, 0.3) is 0 Å². The molecule has 0 bridgehead atoms. The maximum atomic E-state index is 13.1. The Morgan fingerprint density at radius 3 is 2.04 bits per heavy atom. The molecule has 1 aliphatic carbocycles. The van der Waals surface area contributed by atoms with Gasteiger partial charge in [0.05, 0.1) is 12.1 Å². The van der Waals surface area contributed by atoms with Gasteiger partial charge in [-0.2, -0.15) is 0 Å². The van der Waals surface area contributed by atoms with Crippen molar-refractivity contribution in [3.63, 3.8) is 0 Å². The molecule has 0 saturated carbocycles. The van der Waals surface area contributed by atoms with Crippen LogP contribution in [0.3, 0.4) is 0 Å². The molecule has 0 radical (unpaired) electrons. The fourth-order valence-corrected chi connectivity index (χ4v) is 3.81. The Bertz CT molecular complexity index is 726. The van der Waals surface area contributed by atoms with Crippen molar-refractivity contribution < 1.29 is 4.79 Å². The summed E-state index contributed by atoms with van der Waals surface area (Å²) in [6.07, 6.45) is 6.54. The van der Waals surface area contributed by atoms with Gasteiger partial charge in [0.25, 0.3) is 0 Å². The second kappa shape index (κ2) is 6.52. The minimum atomic E-state index is 0.157. The number of hydrogen-bond donors (Lipinski definition) is 0. The summed E-state index contributed by atoms with van der Waals surface area (Å²) in [5.74, 6) is 0. The molecular weight excluding hydrogens is 296 g/mol.